The van der Waals surface area contributed by atoms with Crippen LogP contribution in [0.2, 0.25) is 0 Å². The summed E-state index contributed by atoms with van der Waals surface area (Å²) in [7, 11) is 0. The van der Waals surface area contributed by atoms with Gasteiger partial charge in [0.05, 0.1) is 12.2 Å². The van der Waals surface area contributed by atoms with E-state index in [0.29, 0.717) is 5.69 Å². The molecule has 1 aromatic heterocycles. The zero-order chi connectivity index (χ0) is 21.3. The van der Waals surface area contributed by atoms with Gasteiger partial charge in [0.15, 0.2) is 11.6 Å². The topological polar surface area (TPSA) is 87.5 Å². The molecule has 7 nitrogen and oxygen atoms in total. The number of fused-ring (bicyclic) bond motifs is 1. The number of benzene rings is 1. The second-order valence-electron chi connectivity index (χ2n) is 6.40. The Morgan fingerprint density at radius 3 is 2.62 bits per heavy atom. The number of anilines is 1. The Hall–Kier alpha value is -3.18. The highest BCUT2D eigenvalue weighted by atomic mass is 19.4. The van der Waals surface area contributed by atoms with E-state index >= 15 is 0 Å². The van der Waals surface area contributed by atoms with Crippen molar-refractivity contribution in [3.63, 3.8) is 0 Å². The average molecular weight is 418 g/mol. The number of halogens is 5. The van der Waals surface area contributed by atoms with Gasteiger partial charge in [-0.2, -0.15) is 13.2 Å². The maximum Gasteiger partial charge on any atom is 0.408 e. The highest BCUT2D eigenvalue weighted by Crippen LogP contribution is 2.25. The van der Waals surface area contributed by atoms with Crippen molar-refractivity contribution < 1.29 is 36.1 Å². The molecule has 0 saturated heterocycles. The Kier molecular flexibility index (Phi) is 5.44. The lowest BCUT2D eigenvalue weighted by Crippen LogP contribution is -2.44. The number of carbonyl (C=O) groups is 2. The maximum atomic E-state index is 13.3. The number of amides is 3. The highest BCUT2D eigenvalue weighted by Gasteiger charge is 2.39. The van der Waals surface area contributed by atoms with Crippen LogP contribution in [0, 0.1) is 11.6 Å². The van der Waals surface area contributed by atoms with Gasteiger partial charge < -0.3 is 20.1 Å². The fourth-order valence-corrected chi connectivity index (χ4v) is 2.68. The monoisotopic (exact) mass is 418 g/mol. The van der Waals surface area contributed by atoms with Crippen LogP contribution in [0.25, 0.3) is 0 Å². The van der Waals surface area contributed by atoms with Crippen molar-refractivity contribution in [2.24, 2.45) is 0 Å². The minimum atomic E-state index is -4.63. The standard InChI is InChI=1S/C17H15F5N4O3/c1-8(17(20,21)22)23-15(27)14-10-7-26(5-4-13(10)25-29-14)16(28)24-9-2-3-11(18)12(19)6-9/h2-3,6,8H,4-5,7H2,1H3,(H,23,27)(H,24,28). The average Bonchev–Trinajstić information content (AvgIpc) is 3.07. The molecule has 1 atom stereocenters. The first-order valence-corrected chi connectivity index (χ1v) is 8.42. The van der Waals surface area contributed by atoms with Crippen molar-refractivity contribution in [2.75, 3.05) is 11.9 Å². The summed E-state index contributed by atoms with van der Waals surface area (Å²) in [5.74, 6) is -3.73. The summed E-state index contributed by atoms with van der Waals surface area (Å²) in [6.07, 6.45) is -4.43. The van der Waals surface area contributed by atoms with E-state index in [-0.39, 0.29) is 30.8 Å². The molecule has 0 spiro atoms. The van der Waals surface area contributed by atoms with Gasteiger partial charge in [0.1, 0.15) is 6.04 Å². The largest absolute Gasteiger partial charge is 0.408 e. The van der Waals surface area contributed by atoms with Crippen LogP contribution in [-0.4, -0.2) is 40.8 Å². The molecule has 1 aliphatic heterocycles. The third-order valence-electron chi connectivity index (χ3n) is 4.34. The summed E-state index contributed by atoms with van der Waals surface area (Å²) < 4.78 is 69.1. The fourth-order valence-electron chi connectivity index (χ4n) is 2.68. The van der Waals surface area contributed by atoms with Gasteiger partial charge in [-0.15, -0.1) is 0 Å². The maximum absolute atomic E-state index is 13.3. The lowest BCUT2D eigenvalue weighted by molar-refractivity contribution is -0.149. The van der Waals surface area contributed by atoms with Gasteiger partial charge in [0.25, 0.3) is 5.91 Å². The molecular weight excluding hydrogens is 403 g/mol. The van der Waals surface area contributed by atoms with Crippen LogP contribution < -0.4 is 10.6 Å². The molecule has 0 radical (unpaired) electrons. The van der Waals surface area contributed by atoms with Crippen LogP contribution in [0.3, 0.4) is 0 Å². The first-order chi connectivity index (χ1) is 13.6. The number of alkyl halides is 3. The van der Waals surface area contributed by atoms with E-state index in [2.05, 4.69) is 10.5 Å². The predicted octanol–water partition coefficient (Wildman–Crippen LogP) is 3.22. The van der Waals surface area contributed by atoms with Crippen molar-refractivity contribution in [3.8, 4) is 0 Å². The Labute approximate surface area is 160 Å². The number of nitrogens with zero attached hydrogens (tertiary/aromatic N) is 2. The number of hydrogen-bond donors (Lipinski definition) is 2. The SMILES string of the molecule is CC(NC(=O)c1onc2c1CN(C(=O)Nc1ccc(F)c(F)c1)CC2)C(F)(F)F. The molecule has 156 valence electrons. The number of hydrogen-bond acceptors (Lipinski definition) is 4. The molecular formula is C17H15F5N4O3. The lowest BCUT2D eigenvalue weighted by Gasteiger charge is -2.26. The molecule has 2 heterocycles. The van der Waals surface area contributed by atoms with Gasteiger partial charge in [0, 0.05) is 30.3 Å². The molecule has 29 heavy (non-hydrogen) atoms. The zero-order valence-electron chi connectivity index (χ0n) is 14.9. The molecule has 0 saturated carbocycles. The number of nitrogens with one attached hydrogen (secondary N) is 2. The Morgan fingerprint density at radius 1 is 1.24 bits per heavy atom. The minimum absolute atomic E-state index is 0.0157. The molecule has 1 aliphatic rings. The molecule has 2 N–H and O–H groups in total. The zero-order valence-corrected chi connectivity index (χ0v) is 14.9. The third kappa shape index (κ3) is 4.46. The Morgan fingerprint density at radius 2 is 1.97 bits per heavy atom. The number of rotatable bonds is 3. The van der Waals surface area contributed by atoms with E-state index in [4.69, 9.17) is 4.52 Å². The summed E-state index contributed by atoms with van der Waals surface area (Å²) in [6, 6.07) is 0.0517. The summed E-state index contributed by atoms with van der Waals surface area (Å²) in [6.45, 7) is 0.800. The molecule has 0 fully saturated rings. The van der Waals surface area contributed by atoms with Crippen LogP contribution in [0.15, 0.2) is 22.7 Å². The summed E-state index contributed by atoms with van der Waals surface area (Å²) in [5, 5.41) is 7.84. The molecule has 12 heteroatoms. The second-order valence-corrected chi connectivity index (χ2v) is 6.40. The van der Waals surface area contributed by atoms with Crippen molar-refractivity contribution in [1.29, 1.82) is 0 Å². The molecule has 1 aromatic carbocycles. The first kappa shape index (κ1) is 20.6. The van der Waals surface area contributed by atoms with Crippen molar-refractivity contribution in [3.05, 3.63) is 46.9 Å². The Balaban J connectivity index is 1.71. The molecule has 0 bridgehead atoms. The van der Waals surface area contributed by atoms with Crippen molar-refractivity contribution >= 4 is 17.6 Å². The van der Waals surface area contributed by atoms with Gasteiger partial charge in [-0.1, -0.05) is 5.16 Å². The summed E-state index contributed by atoms with van der Waals surface area (Å²) >= 11 is 0. The normalized spacial score (nSPS) is 14.9. The van der Waals surface area contributed by atoms with Crippen LogP contribution in [0.5, 0.6) is 0 Å². The summed E-state index contributed by atoms with van der Waals surface area (Å²) in [5.41, 5.74) is 0.553. The second kappa shape index (κ2) is 7.68. The number of urea groups is 1. The van der Waals surface area contributed by atoms with Gasteiger partial charge in [-0.25, -0.2) is 13.6 Å². The molecule has 3 rings (SSSR count). The van der Waals surface area contributed by atoms with E-state index in [9.17, 15) is 31.5 Å². The minimum Gasteiger partial charge on any atom is -0.350 e. The molecule has 2 aromatic rings. The fraction of sp³-hybridized carbons (Fsp3) is 0.353. The number of aromatic nitrogens is 1. The van der Waals surface area contributed by atoms with Crippen LogP contribution in [0.4, 0.5) is 32.4 Å². The van der Waals surface area contributed by atoms with Crippen molar-refractivity contribution in [2.45, 2.75) is 32.1 Å². The smallest absolute Gasteiger partial charge is 0.350 e. The van der Waals surface area contributed by atoms with Gasteiger partial charge in [0.2, 0.25) is 5.76 Å². The molecule has 1 unspecified atom stereocenters. The highest BCUT2D eigenvalue weighted by molar-refractivity contribution is 5.94. The third-order valence-corrected chi connectivity index (χ3v) is 4.34. The van der Waals surface area contributed by atoms with E-state index in [1.165, 1.54) is 11.0 Å². The molecule has 0 aliphatic carbocycles. The van der Waals surface area contributed by atoms with E-state index < -0.39 is 41.6 Å². The van der Waals surface area contributed by atoms with Crippen molar-refractivity contribution in [1.82, 2.24) is 15.4 Å². The van der Waals surface area contributed by atoms with E-state index in [1.54, 1.807) is 5.32 Å². The summed E-state index contributed by atoms with van der Waals surface area (Å²) in [4.78, 5) is 25.8. The van der Waals surface area contributed by atoms with Crippen LogP contribution in [-0.2, 0) is 13.0 Å². The quantitative estimate of drug-likeness (QED) is 0.750. The number of carbonyl (C=O) groups excluding carboxylic acids is 2. The van der Waals surface area contributed by atoms with E-state index in [1.807, 2.05) is 0 Å². The predicted molar refractivity (Wildman–Crippen MR) is 89.0 cm³/mol. The van der Waals surface area contributed by atoms with Gasteiger partial charge >= 0.3 is 12.2 Å². The van der Waals surface area contributed by atoms with Gasteiger partial charge in [-0.05, 0) is 19.1 Å². The lowest BCUT2D eigenvalue weighted by atomic mass is 10.1. The molecule has 3 amide bonds. The first-order valence-electron chi connectivity index (χ1n) is 8.42. The van der Waals surface area contributed by atoms with Crippen LogP contribution >= 0.6 is 0 Å². The Bertz CT molecular complexity index is 944. The van der Waals surface area contributed by atoms with Gasteiger partial charge in [-0.3, -0.25) is 4.79 Å². The van der Waals surface area contributed by atoms with Crippen LogP contribution in [0.1, 0.15) is 28.7 Å². The van der Waals surface area contributed by atoms with E-state index in [0.717, 1.165) is 19.1 Å².